The zero-order chi connectivity index (χ0) is 23.9. The summed E-state index contributed by atoms with van der Waals surface area (Å²) in [5.74, 6) is -2.33. The van der Waals surface area contributed by atoms with Gasteiger partial charge in [-0.2, -0.15) is 18.2 Å². The molecular weight excluding hydrogens is 507 g/mol. The van der Waals surface area contributed by atoms with Gasteiger partial charge in [-0.05, 0) is 65.7 Å². The molecule has 12 heteroatoms. The predicted octanol–water partition coefficient (Wildman–Crippen LogP) is 5.17. The van der Waals surface area contributed by atoms with Crippen molar-refractivity contribution >= 4 is 55.6 Å². The van der Waals surface area contributed by atoms with E-state index in [1.54, 1.807) is 45.2 Å². The number of benzene rings is 2. The van der Waals surface area contributed by atoms with Crippen molar-refractivity contribution < 1.29 is 27.4 Å². The standard InChI is InChI=1S/C21H15BrF3N5O3/c1-9-6-13-16(14(22)7-9)28-20(29-17(13)33-18(31)21(23,24)25)30-19-26-10(2)12-8-11(32-3)4-5-15(12)27-19/h4-8H,1-3H3,(H,26,27,28,29,30). The Morgan fingerprint density at radius 2 is 1.73 bits per heavy atom. The minimum absolute atomic E-state index is 0.112. The first-order chi connectivity index (χ1) is 15.5. The molecule has 0 bridgehead atoms. The number of halogens is 4. The van der Waals surface area contributed by atoms with E-state index < -0.39 is 18.0 Å². The summed E-state index contributed by atoms with van der Waals surface area (Å²) in [4.78, 5) is 28.6. The van der Waals surface area contributed by atoms with Gasteiger partial charge < -0.3 is 9.47 Å². The van der Waals surface area contributed by atoms with Crippen LogP contribution < -0.4 is 14.8 Å². The number of nitrogens with one attached hydrogen (secondary N) is 1. The molecule has 4 aromatic rings. The maximum Gasteiger partial charge on any atom is 0.491 e. The van der Waals surface area contributed by atoms with Gasteiger partial charge in [0.05, 0.1) is 29.2 Å². The number of alkyl halides is 3. The van der Waals surface area contributed by atoms with E-state index in [1.807, 2.05) is 0 Å². The minimum Gasteiger partial charge on any atom is -0.497 e. The number of aryl methyl sites for hydroxylation is 2. The van der Waals surface area contributed by atoms with Gasteiger partial charge in [-0.3, -0.25) is 5.32 Å². The number of anilines is 2. The molecule has 2 aromatic carbocycles. The van der Waals surface area contributed by atoms with Gasteiger partial charge in [0.1, 0.15) is 5.75 Å². The van der Waals surface area contributed by atoms with Crippen LogP contribution in [-0.2, 0) is 4.79 Å². The molecule has 0 fully saturated rings. The number of carbonyl (C=O) groups excluding carboxylic acids is 1. The van der Waals surface area contributed by atoms with Crippen molar-refractivity contribution in [3.8, 4) is 11.6 Å². The Kier molecular flexibility index (Phi) is 5.78. The second-order valence-corrected chi connectivity index (χ2v) is 7.88. The fourth-order valence-corrected chi connectivity index (χ4v) is 3.78. The number of methoxy groups -OCH3 is 1. The Hall–Kier alpha value is -3.54. The van der Waals surface area contributed by atoms with Crippen molar-refractivity contribution in [1.82, 2.24) is 19.9 Å². The van der Waals surface area contributed by atoms with E-state index in [-0.39, 0.29) is 22.8 Å². The molecule has 0 aliphatic carbocycles. The first-order valence-corrected chi connectivity index (χ1v) is 10.2. The molecule has 2 heterocycles. The van der Waals surface area contributed by atoms with E-state index in [9.17, 15) is 18.0 Å². The molecule has 33 heavy (non-hydrogen) atoms. The van der Waals surface area contributed by atoms with E-state index in [2.05, 4.69) is 45.9 Å². The summed E-state index contributed by atoms with van der Waals surface area (Å²) in [6, 6.07) is 8.50. The van der Waals surface area contributed by atoms with Gasteiger partial charge in [-0.15, -0.1) is 0 Å². The van der Waals surface area contributed by atoms with Crippen LogP contribution in [0.1, 0.15) is 11.3 Å². The Morgan fingerprint density at radius 3 is 2.42 bits per heavy atom. The highest BCUT2D eigenvalue weighted by atomic mass is 79.9. The third-order valence-electron chi connectivity index (χ3n) is 4.60. The van der Waals surface area contributed by atoms with Gasteiger partial charge in [0, 0.05) is 9.86 Å². The van der Waals surface area contributed by atoms with Gasteiger partial charge in [0.25, 0.3) is 0 Å². The Morgan fingerprint density at radius 1 is 1.00 bits per heavy atom. The van der Waals surface area contributed by atoms with Crippen molar-refractivity contribution in [2.45, 2.75) is 20.0 Å². The number of fused-ring (bicyclic) bond motifs is 2. The Bertz CT molecular complexity index is 1410. The highest BCUT2D eigenvalue weighted by Gasteiger charge is 2.42. The van der Waals surface area contributed by atoms with Gasteiger partial charge in [-0.1, -0.05) is 0 Å². The molecule has 0 amide bonds. The van der Waals surface area contributed by atoms with Crippen molar-refractivity contribution in [3.05, 3.63) is 46.1 Å². The average molecular weight is 522 g/mol. The van der Waals surface area contributed by atoms with Crippen molar-refractivity contribution in [1.29, 1.82) is 0 Å². The van der Waals surface area contributed by atoms with Gasteiger partial charge in [0.15, 0.2) is 0 Å². The molecule has 0 aliphatic rings. The molecule has 170 valence electrons. The molecule has 0 radical (unpaired) electrons. The van der Waals surface area contributed by atoms with Crippen molar-refractivity contribution in [3.63, 3.8) is 0 Å². The quantitative estimate of drug-likeness (QED) is 0.367. The van der Waals surface area contributed by atoms with Crippen LogP contribution >= 0.6 is 15.9 Å². The number of hydrogen-bond acceptors (Lipinski definition) is 8. The molecule has 0 unspecified atom stereocenters. The Labute approximate surface area is 193 Å². The van der Waals surface area contributed by atoms with Crippen LogP contribution in [-0.4, -0.2) is 39.2 Å². The molecule has 0 saturated carbocycles. The smallest absolute Gasteiger partial charge is 0.491 e. The summed E-state index contributed by atoms with van der Waals surface area (Å²) in [7, 11) is 1.55. The number of carbonyl (C=O) groups is 1. The lowest BCUT2D eigenvalue weighted by Crippen LogP contribution is -2.28. The van der Waals surface area contributed by atoms with Crippen LogP contribution in [0, 0.1) is 13.8 Å². The highest BCUT2D eigenvalue weighted by molar-refractivity contribution is 9.10. The second kappa shape index (κ2) is 8.43. The molecular formula is C21H15BrF3N5O3. The highest BCUT2D eigenvalue weighted by Crippen LogP contribution is 2.33. The van der Waals surface area contributed by atoms with E-state index in [0.29, 0.717) is 27.0 Å². The van der Waals surface area contributed by atoms with Crippen LogP contribution in [0.15, 0.2) is 34.8 Å². The van der Waals surface area contributed by atoms with Crippen LogP contribution in [0.5, 0.6) is 11.6 Å². The largest absolute Gasteiger partial charge is 0.497 e. The first-order valence-electron chi connectivity index (χ1n) is 9.41. The third-order valence-corrected chi connectivity index (χ3v) is 5.21. The zero-order valence-electron chi connectivity index (χ0n) is 17.4. The summed E-state index contributed by atoms with van der Waals surface area (Å²) in [5, 5.41) is 3.68. The maximum absolute atomic E-state index is 12.8. The van der Waals surface area contributed by atoms with Gasteiger partial charge in [-0.25, -0.2) is 19.7 Å². The number of aromatic nitrogens is 4. The number of hydrogen-bond donors (Lipinski definition) is 1. The topological polar surface area (TPSA) is 99.1 Å². The average Bonchev–Trinajstić information content (AvgIpc) is 2.73. The number of esters is 1. The maximum atomic E-state index is 12.8. The molecule has 0 aliphatic heterocycles. The van der Waals surface area contributed by atoms with E-state index in [1.165, 1.54) is 6.07 Å². The number of ether oxygens (including phenoxy) is 2. The summed E-state index contributed by atoms with van der Waals surface area (Å²) in [6.07, 6.45) is -5.19. The zero-order valence-corrected chi connectivity index (χ0v) is 19.0. The summed E-state index contributed by atoms with van der Waals surface area (Å²) in [6.45, 7) is 3.50. The van der Waals surface area contributed by atoms with Crippen molar-refractivity contribution in [2.24, 2.45) is 0 Å². The molecule has 4 rings (SSSR count). The van der Waals surface area contributed by atoms with Crippen LogP contribution in [0.25, 0.3) is 21.8 Å². The molecule has 0 atom stereocenters. The third kappa shape index (κ3) is 4.65. The van der Waals surface area contributed by atoms with Gasteiger partial charge in [0.2, 0.25) is 17.8 Å². The van der Waals surface area contributed by atoms with Crippen LogP contribution in [0.3, 0.4) is 0 Å². The Balaban J connectivity index is 1.80. The SMILES string of the molecule is COc1ccc2nc(Nc3nc(OC(=O)C(F)(F)F)c4cc(C)cc(Br)c4n3)nc(C)c2c1. The van der Waals surface area contributed by atoms with Gasteiger partial charge >= 0.3 is 12.1 Å². The second-order valence-electron chi connectivity index (χ2n) is 7.02. The predicted molar refractivity (Wildman–Crippen MR) is 118 cm³/mol. The fraction of sp³-hybridized carbons (Fsp3) is 0.190. The molecule has 1 N–H and O–H groups in total. The molecule has 0 saturated heterocycles. The number of rotatable bonds is 4. The molecule has 2 aromatic heterocycles. The summed E-state index contributed by atoms with van der Waals surface area (Å²) in [5.41, 5.74) is 2.17. The first kappa shape index (κ1) is 22.6. The van der Waals surface area contributed by atoms with E-state index in [4.69, 9.17) is 4.74 Å². The normalized spacial score (nSPS) is 11.6. The lowest BCUT2D eigenvalue weighted by Gasteiger charge is -2.13. The molecule has 8 nitrogen and oxygen atoms in total. The lowest BCUT2D eigenvalue weighted by atomic mass is 10.1. The number of nitrogens with zero attached hydrogens (tertiary/aromatic N) is 4. The minimum atomic E-state index is -5.19. The lowest BCUT2D eigenvalue weighted by molar-refractivity contribution is -0.189. The fourth-order valence-electron chi connectivity index (χ4n) is 3.12. The van der Waals surface area contributed by atoms with Crippen LogP contribution in [0.4, 0.5) is 25.1 Å². The monoisotopic (exact) mass is 521 g/mol. The van der Waals surface area contributed by atoms with Crippen molar-refractivity contribution in [2.75, 3.05) is 12.4 Å². The van der Waals surface area contributed by atoms with E-state index in [0.717, 1.165) is 5.39 Å². The van der Waals surface area contributed by atoms with E-state index >= 15 is 0 Å². The summed E-state index contributed by atoms with van der Waals surface area (Å²) < 4.78 is 48.7. The molecule has 0 spiro atoms. The van der Waals surface area contributed by atoms with Crippen LogP contribution in [0.2, 0.25) is 0 Å². The summed E-state index contributed by atoms with van der Waals surface area (Å²) >= 11 is 3.34.